The van der Waals surface area contributed by atoms with Gasteiger partial charge in [0, 0.05) is 20.3 Å². The number of aliphatic hydroxyl groups is 1. The standard InChI is InChI=1S/C10H22O4.C6H14O/c1-8(5-11)13-7-10(3)14-6-9(2)12-4;1-3-5-7-6-4-2/h8-11H,5-7H2,1-4H3;3-6H2,1-2H3. The van der Waals surface area contributed by atoms with Crippen LogP contribution in [0.3, 0.4) is 0 Å². The Bertz CT molecular complexity index is 172. The maximum atomic E-state index is 8.72. The van der Waals surface area contributed by atoms with Crippen LogP contribution in [0.4, 0.5) is 0 Å². The molecule has 5 heteroatoms. The molecule has 0 amide bonds. The zero-order valence-corrected chi connectivity index (χ0v) is 14.8. The lowest BCUT2D eigenvalue weighted by Crippen LogP contribution is -2.25. The molecule has 0 aromatic heterocycles. The molecule has 1 N–H and O–H groups in total. The highest BCUT2D eigenvalue weighted by atomic mass is 16.6. The molecule has 0 fully saturated rings. The third-order valence-electron chi connectivity index (χ3n) is 2.59. The Kier molecular flexibility index (Phi) is 19.6. The maximum absolute atomic E-state index is 8.72. The molecule has 0 radical (unpaired) electrons. The van der Waals surface area contributed by atoms with Gasteiger partial charge in [-0.3, -0.25) is 0 Å². The summed E-state index contributed by atoms with van der Waals surface area (Å²) in [6.07, 6.45) is 2.29. The van der Waals surface area contributed by atoms with Crippen LogP contribution in [0.5, 0.6) is 0 Å². The average molecular weight is 308 g/mol. The molecule has 130 valence electrons. The molecular weight excluding hydrogens is 272 g/mol. The highest BCUT2D eigenvalue weighted by molar-refractivity contribution is 4.53. The summed E-state index contributed by atoms with van der Waals surface area (Å²) in [7, 11) is 1.66. The van der Waals surface area contributed by atoms with E-state index in [9.17, 15) is 0 Å². The summed E-state index contributed by atoms with van der Waals surface area (Å²) >= 11 is 0. The van der Waals surface area contributed by atoms with E-state index in [4.69, 9.17) is 24.1 Å². The lowest BCUT2D eigenvalue weighted by Gasteiger charge is -2.18. The molecule has 0 aliphatic heterocycles. The molecule has 0 saturated heterocycles. The number of aliphatic hydroxyl groups excluding tert-OH is 1. The second-order valence-electron chi connectivity index (χ2n) is 5.13. The number of hydrogen-bond donors (Lipinski definition) is 1. The van der Waals surface area contributed by atoms with E-state index in [-0.39, 0.29) is 24.9 Å². The summed E-state index contributed by atoms with van der Waals surface area (Å²) in [6, 6.07) is 0. The summed E-state index contributed by atoms with van der Waals surface area (Å²) in [5.74, 6) is 0. The van der Waals surface area contributed by atoms with Crippen molar-refractivity contribution in [1.82, 2.24) is 0 Å². The highest BCUT2D eigenvalue weighted by Crippen LogP contribution is 1.98. The second-order valence-corrected chi connectivity index (χ2v) is 5.13. The van der Waals surface area contributed by atoms with Crippen molar-refractivity contribution in [2.75, 3.05) is 40.1 Å². The van der Waals surface area contributed by atoms with Gasteiger partial charge in [0.1, 0.15) is 0 Å². The predicted octanol–water partition coefficient (Wildman–Crippen LogP) is 2.65. The number of hydrogen-bond acceptors (Lipinski definition) is 5. The minimum Gasteiger partial charge on any atom is -0.394 e. The molecule has 0 bridgehead atoms. The fourth-order valence-electron chi connectivity index (χ4n) is 1.16. The molecule has 0 saturated carbocycles. The summed E-state index contributed by atoms with van der Waals surface area (Å²) in [5.41, 5.74) is 0. The fourth-order valence-corrected chi connectivity index (χ4v) is 1.16. The Hall–Kier alpha value is -0.200. The minimum atomic E-state index is -0.124. The first-order valence-electron chi connectivity index (χ1n) is 7.96. The first-order chi connectivity index (χ1) is 10.0. The van der Waals surface area contributed by atoms with Crippen LogP contribution in [0.2, 0.25) is 0 Å². The molecule has 0 rings (SSSR count). The van der Waals surface area contributed by atoms with Crippen LogP contribution in [-0.2, 0) is 18.9 Å². The third kappa shape index (κ3) is 19.8. The zero-order chi connectivity index (χ0) is 16.5. The van der Waals surface area contributed by atoms with Crippen LogP contribution in [0, 0.1) is 0 Å². The monoisotopic (exact) mass is 308 g/mol. The van der Waals surface area contributed by atoms with E-state index in [0.717, 1.165) is 26.1 Å². The summed E-state index contributed by atoms with van der Waals surface area (Å²) in [4.78, 5) is 0. The van der Waals surface area contributed by atoms with Gasteiger partial charge in [0.05, 0.1) is 38.1 Å². The molecular formula is C16H36O5. The van der Waals surface area contributed by atoms with Crippen molar-refractivity contribution >= 4 is 0 Å². The van der Waals surface area contributed by atoms with E-state index in [1.807, 2.05) is 20.8 Å². The molecule has 3 atom stereocenters. The van der Waals surface area contributed by atoms with Gasteiger partial charge in [-0.05, 0) is 33.6 Å². The molecule has 0 aliphatic rings. The van der Waals surface area contributed by atoms with Crippen LogP contribution >= 0.6 is 0 Å². The molecule has 3 unspecified atom stereocenters. The average Bonchev–Trinajstić information content (AvgIpc) is 2.51. The van der Waals surface area contributed by atoms with E-state index in [0.29, 0.717) is 13.2 Å². The Morgan fingerprint density at radius 2 is 1.29 bits per heavy atom. The number of ether oxygens (including phenoxy) is 4. The molecule has 21 heavy (non-hydrogen) atoms. The van der Waals surface area contributed by atoms with Crippen molar-refractivity contribution in [3.8, 4) is 0 Å². The molecule has 0 aromatic rings. The van der Waals surface area contributed by atoms with Gasteiger partial charge in [0.2, 0.25) is 0 Å². The Morgan fingerprint density at radius 3 is 1.71 bits per heavy atom. The van der Waals surface area contributed by atoms with Gasteiger partial charge in [0.25, 0.3) is 0 Å². The van der Waals surface area contributed by atoms with Crippen LogP contribution < -0.4 is 0 Å². The molecule has 5 nitrogen and oxygen atoms in total. The topological polar surface area (TPSA) is 57.2 Å². The summed E-state index contributed by atoms with van der Waals surface area (Å²) < 4.78 is 20.9. The predicted molar refractivity (Wildman–Crippen MR) is 85.8 cm³/mol. The van der Waals surface area contributed by atoms with Crippen LogP contribution in [0.15, 0.2) is 0 Å². The smallest absolute Gasteiger partial charge is 0.0781 e. The second kappa shape index (κ2) is 17.9. The van der Waals surface area contributed by atoms with Crippen molar-refractivity contribution in [3.63, 3.8) is 0 Å². The van der Waals surface area contributed by atoms with Crippen molar-refractivity contribution in [3.05, 3.63) is 0 Å². The van der Waals surface area contributed by atoms with Crippen LogP contribution in [0.25, 0.3) is 0 Å². The Balaban J connectivity index is 0. The van der Waals surface area contributed by atoms with Gasteiger partial charge in [0.15, 0.2) is 0 Å². The largest absolute Gasteiger partial charge is 0.394 e. The van der Waals surface area contributed by atoms with Crippen LogP contribution in [-0.4, -0.2) is 63.6 Å². The first kappa shape index (κ1) is 23.1. The van der Waals surface area contributed by atoms with Crippen molar-refractivity contribution in [1.29, 1.82) is 0 Å². The van der Waals surface area contributed by atoms with Gasteiger partial charge >= 0.3 is 0 Å². The fraction of sp³-hybridized carbons (Fsp3) is 1.00. The molecule has 0 aromatic carbocycles. The lowest BCUT2D eigenvalue weighted by atomic mass is 10.4. The molecule has 0 aliphatic carbocycles. The molecule has 0 spiro atoms. The summed E-state index contributed by atoms with van der Waals surface area (Å²) in [5, 5.41) is 8.72. The van der Waals surface area contributed by atoms with Gasteiger partial charge in [-0.1, -0.05) is 13.8 Å². The number of methoxy groups -OCH3 is 1. The van der Waals surface area contributed by atoms with Gasteiger partial charge in [-0.2, -0.15) is 0 Å². The normalized spacial score (nSPS) is 15.0. The highest BCUT2D eigenvalue weighted by Gasteiger charge is 2.07. The van der Waals surface area contributed by atoms with Gasteiger partial charge in [-0.25, -0.2) is 0 Å². The third-order valence-corrected chi connectivity index (χ3v) is 2.59. The minimum absolute atomic E-state index is 0.0293. The van der Waals surface area contributed by atoms with Gasteiger partial charge in [-0.15, -0.1) is 0 Å². The Labute approximate surface area is 130 Å². The Morgan fingerprint density at radius 1 is 0.810 bits per heavy atom. The van der Waals surface area contributed by atoms with E-state index in [1.165, 1.54) is 0 Å². The maximum Gasteiger partial charge on any atom is 0.0781 e. The quantitative estimate of drug-likeness (QED) is 0.562. The van der Waals surface area contributed by atoms with E-state index in [2.05, 4.69) is 13.8 Å². The van der Waals surface area contributed by atoms with Crippen molar-refractivity contribution < 1.29 is 24.1 Å². The van der Waals surface area contributed by atoms with E-state index >= 15 is 0 Å². The first-order valence-corrected chi connectivity index (χ1v) is 7.96. The van der Waals surface area contributed by atoms with Gasteiger partial charge < -0.3 is 24.1 Å². The summed E-state index contributed by atoms with van der Waals surface area (Å²) in [6.45, 7) is 12.9. The molecule has 0 heterocycles. The van der Waals surface area contributed by atoms with Crippen molar-refractivity contribution in [2.24, 2.45) is 0 Å². The van der Waals surface area contributed by atoms with Crippen LogP contribution in [0.1, 0.15) is 47.5 Å². The van der Waals surface area contributed by atoms with E-state index < -0.39 is 0 Å². The zero-order valence-electron chi connectivity index (χ0n) is 14.8. The van der Waals surface area contributed by atoms with E-state index in [1.54, 1.807) is 7.11 Å². The van der Waals surface area contributed by atoms with Crippen molar-refractivity contribution in [2.45, 2.75) is 65.8 Å². The lowest BCUT2D eigenvalue weighted by molar-refractivity contribution is -0.0677. The number of rotatable bonds is 12. The SMILES string of the molecule is CCCOCCC.COC(C)COC(C)COC(C)CO.